The Balaban J connectivity index is 1.67. The fraction of sp³-hybridized carbons (Fsp3) is 0.261. The number of hydrogen-bond acceptors (Lipinski definition) is 2. The molecular weight excluding hydrogens is 334 g/mol. The molecule has 2 aromatic carbocycles. The molecule has 1 atom stereocenters. The summed E-state index contributed by atoms with van der Waals surface area (Å²) in [5.41, 5.74) is 4.63. The fourth-order valence-corrected chi connectivity index (χ4v) is 3.25. The van der Waals surface area contributed by atoms with E-state index in [1.54, 1.807) is 0 Å². The Morgan fingerprint density at radius 3 is 2.30 bits per heavy atom. The lowest BCUT2D eigenvalue weighted by Gasteiger charge is -2.21. The van der Waals surface area contributed by atoms with Crippen molar-refractivity contribution in [3.63, 3.8) is 0 Å². The van der Waals surface area contributed by atoms with Gasteiger partial charge in [-0.2, -0.15) is 0 Å². The normalized spacial score (nSPS) is 11.8. The fourth-order valence-electron chi connectivity index (χ4n) is 3.25. The molecule has 0 bridgehead atoms. The molecule has 4 nitrogen and oxygen atoms in total. The van der Waals surface area contributed by atoms with Gasteiger partial charge in [-0.05, 0) is 47.9 Å². The zero-order chi connectivity index (χ0) is 19.2. The minimum absolute atomic E-state index is 0.00248. The number of carbonyl (C=O) groups excluding carboxylic acids is 1. The van der Waals surface area contributed by atoms with E-state index in [1.165, 1.54) is 11.1 Å². The maximum Gasteiger partial charge on any atom is 0.222 e. The zero-order valence-corrected chi connectivity index (χ0v) is 16.2. The number of nitrogens with zero attached hydrogens (tertiary/aromatic N) is 2. The molecule has 1 aromatic heterocycles. The molecule has 140 valence electrons. The van der Waals surface area contributed by atoms with Crippen LogP contribution in [-0.4, -0.2) is 24.6 Å². The Bertz CT molecular complexity index is 867. The molecule has 0 unspecified atom stereocenters. The highest BCUT2D eigenvalue weighted by Gasteiger charge is 2.18. The monoisotopic (exact) mass is 361 g/mol. The van der Waals surface area contributed by atoms with Gasteiger partial charge in [0, 0.05) is 38.7 Å². The van der Waals surface area contributed by atoms with Crippen LogP contribution in [0.4, 0.5) is 5.69 Å². The third-order valence-electron chi connectivity index (χ3n) is 4.86. The highest BCUT2D eigenvalue weighted by atomic mass is 16.1. The second kappa shape index (κ2) is 8.58. The second-order valence-corrected chi connectivity index (χ2v) is 7.04. The summed E-state index contributed by atoms with van der Waals surface area (Å²) in [6.45, 7) is 2.63. The maximum absolute atomic E-state index is 12.6. The van der Waals surface area contributed by atoms with Crippen molar-refractivity contribution < 1.29 is 4.79 Å². The van der Waals surface area contributed by atoms with Crippen LogP contribution in [-0.2, 0) is 11.3 Å². The summed E-state index contributed by atoms with van der Waals surface area (Å²) in [6, 6.07) is 20.5. The molecule has 1 amide bonds. The van der Waals surface area contributed by atoms with Crippen molar-refractivity contribution in [2.24, 2.45) is 0 Å². The van der Waals surface area contributed by atoms with Gasteiger partial charge in [0.05, 0.1) is 12.5 Å². The van der Waals surface area contributed by atoms with E-state index in [0.29, 0.717) is 13.0 Å². The van der Waals surface area contributed by atoms with Crippen molar-refractivity contribution in [2.75, 3.05) is 19.0 Å². The standard InChI is InChI=1S/C23H27N3O/c1-18-8-4-5-9-21(18)22(26-14-6-7-15-26)16-23(27)24-17-19-10-12-20(13-11-19)25(2)3/h4-15,22H,16-17H2,1-3H3,(H,24,27)/t22-/m0/s1. The van der Waals surface area contributed by atoms with Gasteiger partial charge in [0.15, 0.2) is 0 Å². The van der Waals surface area contributed by atoms with Crippen molar-refractivity contribution in [3.8, 4) is 0 Å². The molecule has 0 saturated heterocycles. The van der Waals surface area contributed by atoms with Gasteiger partial charge < -0.3 is 14.8 Å². The van der Waals surface area contributed by atoms with E-state index in [-0.39, 0.29) is 11.9 Å². The van der Waals surface area contributed by atoms with Gasteiger partial charge in [0.25, 0.3) is 0 Å². The number of benzene rings is 2. The Kier molecular flexibility index (Phi) is 5.97. The van der Waals surface area contributed by atoms with Crippen molar-refractivity contribution in [1.82, 2.24) is 9.88 Å². The number of aromatic nitrogens is 1. The van der Waals surface area contributed by atoms with Gasteiger partial charge in [-0.1, -0.05) is 36.4 Å². The van der Waals surface area contributed by atoms with Crippen LogP contribution in [0.15, 0.2) is 73.1 Å². The van der Waals surface area contributed by atoms with Crippen LogP contribution in [0.3, 0.4) is 0 Å². The van der Waals surface area contributed by atoms with Crippen molar-refractivity contribution in [2.45, 2.75) is 25.9 Å². The molecule has 0 saturated carbocycles. The van der Waals surface area contributed by atoms with Crippen molar-refractivity contribution in [1.29, 1.82) is 0 Å². The maximum atomic E-state index is 12.6. The van der Waals surface area contributed by atoms with E-state index in [9.17, 15) is 4.79 Å². The summed E-state index contributed by atoms with van der Waals surface area (Å²) >= 11 is 0. The SMILES string of the molecule is Cc1ccccc1[C@H](CC(=O)NCc1ccc(N(C)C)cc1)n1cccc1. The highest BCUT2D eigenvalue weighted by molar-refractivity contribution is 5.77. The number of hydrogen-bond donors (Lipinski definition) is 1. The lowest BCUT2D eigenvalue weighted by Crippen LogP contribution is -2.26. The summed E-state index contributed by atoms with van der Waals surface area (Å²) < 4.78 is 2.10. The molecule has 1 heterocycles. The van der Waals surface area contributed by atoms with Crippen LogP contribution in [0.2, 0.25) is 0 Å². The Morgan fingerprint density at radius 1 is 1.00 bits per heavy atom. The smallest absolute Gasteiger partial charge is 0.222 e. The van der Waals surface area contributed by atoms with E-state index < -0.39 is 0 Å². The average Bonchev–Trinajstić information content (AvgIpc) is 3.20. The zero-order valence-electron chi connectivity index (χ0n) is 16.2. The lowest BCUT2D eigenvalue weighted by molar-refractivity contribution is -0.121. The molecule has 1 N–H and O–H groups in total. The predicted molar refractivity (Wildman–Crippen MR) is 111 cm³/mol. The van der Waals surface area contributed by atoms with Gasteiger partial charge in [-0.15, -0.1) is 0 Å². The number of anilines is 1. The molecule has 3 rings (SSSR count). The van der Waals surface area contributed by atoms with Gasteiger partial charge in [-0.3, -0.25) is 4.79 Å². The van der Waals surface area contributed by atoms with E-state index in [2.05, 4.69) is 58.1 Å². The summed E-state index contributed by atoms with van der Waals surface area (Å²) in [5, 5.41) is 3.06. The molecule has 0 radical (unpaired) electrons. The quantitative estimate of drug-likeness (QED) is 0.686. The molecule has 3 aromatic rings. The van der Waals surface area contributed by atoms with E-state index in [4.69, 9.17) is 0 Å². The minimum atomic E-state index is -0.00248. The van der Waals surface area contributed by atoms with Gasteiger partial charge in [0.2, 0.25) is 5.91 Å². The molecule has 0 aliphatic rings. The number of aryl methyl sites for hydroxylation is 1. The molecule has 27 heavy (non-hydrogen) atoms. The lowest BCUT2D eigenvalue weighted by atomic mass is 9.98. The van der Waals surface area contributed by atoms with Crippen LogP contribution in [0, 0.1) is 6.92 Å². The highest BCUT2D eigenvalue weighted by Crippen LogP contribution is 2.25. The molecule has 0 fully saturated rings. The number of carbonyl (C=O) groups is 1. The van der Waals surface area contributed by atoms with Gasteiger partial charge in [-0.25, -0.2) is 0 Å². The first kappa shape index (κ1) is 18.8. The molecule has 0 spiro atoms. The topological polar surface area (TPSA) is 37.3 Å². The van der Waals surface area contributed by atoms with Crippen molar-refractivity contribution in [3.05, 3.63) is 89.7 Å². The first-order valence-electron chi connectivity index (χ1n) is 9.25. The van der Waals surface area contributed by atoms with E-state index >= 15 is 0 Å². The van der Waals surface area contributed by atoms with Crippen LogP contribution < -0.4 is 10.2 Å². The third kappa shape index (κ3) is 4.79. The predicted octanol–water partition coefficient (Wildman–Crippen LogP) is 4.16. The molecular formula is C23H27N3O. The van der Waals surface area contributed by atoms with Crippen LogP contribution >= 0.6 is 0 Å². The van der Waals surface area contributed by atoms with Crippen LogP contribution in [0.25, 0.3) is 0 Å². The minimum Gasteiger partial charge on any atom is -0.378 e. The van der Waals surface area contributed by atoms with E-state index in [1.807, 2.05) is 50.8 Å². The third-order valence-corrected chi connectivity index (χ3v) is 4.86. The van der Waals surface area contributed by atoms with Gasteiger partial charge >= 0.3 is 0 Å². The summed E-state index contributed by atoms with van der Waals surface area (Å²) in [7, 11) is 4.04. The molecule has 0 aliphatic heterocycles. The number of nitrogens with one attached hydrogen (secondary N) is 1. The first-order chi connectivity index (χ1) is 13.0. The Morgan fingerprint density at radius 2 is 1.67 bits per heavy atom. The summed E-state index contributed by atoms with van der Waals surface area (Å²) in [4.78, 5) is 14.7. The summed E-state index contributed by atoms with van der Waals surface area (Å²) in [5.74, 6) is 0.0497. The van der Waals surface area contributed by atoms with Crippen LogP contribution in [0.5, 0.6) is 0 Å². The average molecular weight is 361 g/mol. The number of rotatable bonds is 7. The Hall–Kier alpha value is -3.01. The van der Waals surface area contributed by atoms with Gasteiger partial charge in [0.1, 0.15) is 0 Å². The van der Waals surface area contributed by atoms with Crippen molar-refractivity contribution >= 4 is 11.6 Å². The molecule has 4 heteroatoms. The largest absolute Gasteiger partial charge is 0.378 e. The summed E-state index contributed by atoms with van der Waals surface area (Å²) in [6.07, 6.45) is 4.45. The number of amides is 1. The molecule has 0 aliphatic carbocycles. The Labute approximate surface area is 161 Å². The second-order valence-electron chi connectivity index (χ2n) is 7.04. The van der Waals surface area contributed by atoms with E-state index in [0.717, 1.165) is 11.3 Å². The first-order valence-corrected chi connectivity index (χ1v) is 9.25. The van der Waals surface area contributed by atoms with Crippen LogP contribution in [0.1, 0.15) is 29.2 Å².